The number of nitrogens with zero attached hydrogens (tertiary/aromatic N) is 2. The third-order valence-electron chi connectivity index (χ3n) is 5.26. The van der Waals surface area contributed by atoms with E-state index in [1.165, 1.54) is 29.0 Å². The van der Waals surface area contributed by atoms with Crippen LogP contribution in [-0.4, -0.2) is 18.9 Å². The van der Waals surface area contributed by atoms with Gasteiger partial charge < -0.3 is 4.57 Å². The summed E-state index contributed by atoms with van der Waals surface area (Å²) in [5.41, 5.74) is 2.83. The molecule has 1 N–H and O–H groups in total. The van der Waals surface area contributed by atoms with E-state index in [-0.39, 0.29) is 4.90 Å². The maximum atomic E-state index is 12.9. The van der Waals surface area contributed by atoms with E-state index in [2.05, 4.69) is 41.6 Å². The van der Waals surface area contributed by atoms with Crippen LogP contribution in [0.3, 0.4) is 0 Å². The van der Waals surface area contributed by atoms with Crippen molar-refractivity contribution in [1.29, 1.82) is 0 Å². The second-order valence-electron chi connectivity index (χ2n) is 7.97. The Morgan fingerprint density at radius 1 is 1.09 bits per heavy atom. The molecule has 6 nitrogen and oxygen atoms in total. The number of carbonyl (C=O) groups is 1. The highest BCUT2D eigenvalue weighted by molar-refractivity contribution is 7.92. The minimum Gasteiger partial charge on any atom is -0.305 e. The molecule has 0 atom stereocenters. The van der Waals surface area contributed by atoms with Gasteiger partial charge in [0, 0.05) is 11.3 Å². The number of sulfonamides is 1. The molecule has 0 radical (unpaired) electrons. The number of benzene rings is 3. The first kappa shape index (κ1) is 23.5. The molecule has 172 valence electrons. The highest BCUT2D eigenvalue weighted by Crippen LogP contribution is 2.24. The van der Waals surface area contributed by atoms with Crippen LogP contribution in [0.2, 0.25) is 0 Å². The lowest BCUT2D eigenvalue weighted by Crippen LogP contribution is -2.16. The molecule has 4 rings (SSSR count). The zero-order chi connectivity index (χ0) is 24.3. The lowest BCUT2D eigenvalue weighted by Gasteiger charge is -2.08. The number of hydrogen-bond acceptors (Lipinski definition) is 4. The number of amides is 1. The minimum atomic E-state index is -3.71. The zero-order valence-electron chi connectivity index (χ0n) is 18.7. The normalized spacial score (nSPS) is 12.1. The fourth-order valence-electron chi connectivity index (χ4n) is 3.42. The Morgan fingerprint density at radius 3 is 2.44 bits per heavy atom. The van der Waals surface area contributed by atoms with Crippen molar-refractivity contribution in [3.05, 3.63) is 88.7 Å². The van der Waals surface area contributed by atoms with Crippen LogP contribution in [0.15, 0.2) is 82.7 Å². The largest absolute Gasteiger partial charge is 0.305 e. The Labute approximate surface area is 202 Å². The summed E-state index contributed by atoms with van der Waals surface area (Å²) in [6.45, 7) is 4.55. The van der Waals surface area contributed by atoms with Crippen molar-refractivity contribution in [3.8, 4) is 12.3 Å². The molecule has 0 bridgehead atoms. The van der Waals surface area contributed by atoms with E-state index >= 15 is 0 Å². The van der Waals surface area contributed by atoms with Crippen molar-refractivity contribution in [2.75, 3.05) is 4.72 Å². The number of terminal acetylenes is 1. The van der Waals surface area contributed by atoms with E-state index in [9.17, 15) is 13.2 Å². The van der Waals surface area contributed by atoms with Crippen LogP contribution in [0.1, 0.15) is 35.7 Å². The Hall–Kier alpha value is -3.67. The second-order valence-corrected chi connectivity index (χ2v) is 10.7. The van der Waals surface area contributed by atoms with Crippen LogP contribution in [0.4, 0.5) is 5.69 Å². The van der Waals surface area contributed by atoms with Crippen LogP contribution in [-0.2, 0) is 16.6 Å². The Balaban J connectivity index is 1.63. The number of anilines is 1. The molecule has 4 aromatic rings. The molecule has 0 unspecified atom stereocenters. The van der Waals surface area contributed by atoms with Gasteiger partial charge in [0.05, 0.1) is 21.7 Å². The van der Waals surface area contributed by atoms with Crippen LogP contribution >= 0.6 is 11.3 Å². The SMILES string of the molecule is C#CCn1c(=NC(=O)c2ccc(NS(=O)(=O)c3ccccc3)cc2)sc2cc(C(C)C)ccc21. The number of rotatable bonds is 6. The van der Waals surface area contributed by atoms with Gasteiger partial charge in [-0.3, -0.25) is 9.52 Å². The highest BCUT2D eigenvalue weighted by Gasteiger charge is 2.14. The maximum Gasteiger partial charge on any atom is 0.279 e. The van der Waals surface area contributed by atoms with E-state index in [0.717, 1.165) is 10.2 Å². The molecule has 0 saturated heterocycles. The molecule has 0 aliphatic heterocycles. The lowest BCUT2D eigenvalue weighted by atomic mass is 10.0. The summed E-state index contributed by atoms with van der Waals surface area (Å²) >= 11 is 1.42. The summed E-state index contributed by atoms with van der Waals surface area (Å²) in [4.78, 5) is 17.9. The maximum absolute atomic E-state index is 12.9. The number of aromatic nitrogens is 1. The van der Waals surface area contributed by atoms with Crippen LogP contribution in [0, 0.1) is 12.3 Å². The smallest absolute Gasteiger partial charge is 0.279 e. The van der Waals surface area contributed by atoms with E-state index in [0.29, 0.717) is 28.5 Å². The van der Waals surface area contributed by atoms with Crippen LogP contribution < -0.4 is 9.52 Å². The number of hydrogen-bond donors (Lipinski definition) is 1. The predicted molar refractivity (Wildman–Crippen MR) is 136 cm³/mol. The first-order valence-electron chi connectivity index (χ1n) is 10.6. The predicted octanol–water partition coefficient (Wildman–Crippen LogP) is 5.00. The van der Waals surface area contributed by atoms with Crippen molar-refractivity contribution >= 4 is 43.2 Å². The third kappa shape index (κ3) is 4.96. The average Bonchev–Trinajstić information content (AvgIpc) is 3.16. The van der Waals surface area contributed by atoms with Crippen molar-refractivity contribution < 1.29 is 13.2 Å². The van der Waals surface area contributed by atoms with E-state index in [1.807, 2.05) is 10.6 Å². The van der Waals surface area contributed by atoms with Gasteiger partial charge in [0.1, 0.15) is 0 Å². The van der Waals surface area contributed by atoms with Crippen molar-refractivity contribution in [2.24, 2.45) is 4.99 Å². The fraction of sp³-hybridized carbons (Fsp3) is 0.154. The summed E-state index contributed by atoms with van der Waals surface area (Å²) in [6, 6.07) is 20.4. The van der Waals surface area contributed by atoms with Gasteiger partial charge in [-0.25, -0.2) is 8.42 Å². The van der Waals surface area contributed by atoms with Crippen molar-refractivity contribution in [1.82, 2.24) is 4.57 Å². The number of nitrogens with one attached hydrogen (secondary N) is 1. The first-order chi connectivity index (χ1) is 16.3. The molecule has 1 amide bonds. The van der Waals surface area contributed by atoms with Gasteiger partial charge in [-0.05, 0) is 60.0 Å². The van der Waals surface area contributed by atoms with Gasteiger partial charge >= 0.3 is 0 Å². The summed E-state index contributed by atoms with van der Waals surface area (Å²) in [5.74, 6) is 2.58. The fourth-order valence-corrected chi connectivity index (χ4v) is 5.58. The number of fused-ring (bicyclic) bond motifs is 1. The van der Waals surface area contributed by atoms with Gasteiger partial charge in [-0.2, -0.15) is 4.99 Å². The Kier molecular flexibility index (Phi) is 6.68. The third-order valence-corrected chi connectivity index (χ3v) is 7.70. The van der Waals surface area contributed by atoms with E-state index in [1.54, 1.807) is 42.5 Å². The van der Waals surface area contributed by atoms with Gasteiger partial charge in [0.2, 0.25) is 0 Å². The first-order valence-corrected chi connectivity index (χ1v) is 12.9. The molecule has 0 fully saturated rings. The molecule has 3 aromatic carbocycles. The van der Waals surface area contributed by atoms with Gasteiger partial charge in [-0.15, -0.1) is 6.42 Å². The number of thiazole rings is 1. The molecule has 1 heterocycles. The van der Waals surface area contributed by atoms with Crippen molar-refractivity contribution in [2.45, 2.75) is 31.2 Å². The molecule has 34 heavy (non-hydrogen) atoms. The van der Waals surface area contributed by atoms with Gasteiger partial charge in [0.25, 0.3) is 15.9 Å². The molecule has 1 aromatic heterocycles. The Bertz CT molecular complexity index is 1560. The van der Waals surface area contributed by atoms with Crippen LogP contribution in [0.5, 0.6) is 0 Å². The standard InChI is InChI=1S/C26H23N3O3S2/c1-4-16-29-23-15-12-20(18(2)3)17-24(23)33-26(29)27-25(30)19-10-13-21(14-11-19)28-34(31,32)22-8-6-5-7-9-22/h1,5-15,17-18,28H,16H2,2-3H3. The molecule has 0 saturated carbocycles. The molecule has 0 spiro atoms. The monoisotopic (exact) mass is 489 g/mol. The van der Waals surface area contributed by atoms with Crippen LogP contribution in [0.25, 0.3) is 10.2 Å². The minimum absolute atomic E-state index is 0.161. The van der Waals surface area contributed by atoms with Gasteiger partial charge in [-0.1, -0.05) is 55.4 Å². The summed E-state index contributed by atoms with van der Waals surface area (Å²) in [6.07, 6.45) is 5.56. The quantitative estimate of drug-likeness (QED) is 0.387. The molecular formula is C26H23N3O3S2. The zero-order valence-corrected chi connectivity index (χ0v) is 20.4. The molecule has 0 aliphatic rings. The van der Waals surface area contributed by atoms with E-state index in [4.69, 9.17) is 6.42 Å². The van der Waals surface area contributed by atoms with E-state index < -0.39 is 15.9 Å². The second kappa shape index (κ2) is 9.67. The Morgan fingerprint density at radius 2 is 1.79 bits per heavy atom. The van der Waals surface area contributed by atoms with Crippen molar-refractivity contribution in [3.63, 3.8) is 0 Å². The highest BCUT2D eigenvalue weighted by atomic mass is 32.2. The average molecular weight is 490 g/mol. The molecular weight excluding hydrogens is 466 g/mol. The topological polar surface area (TPSA) is 80.5 Å². The summed E-state index contributed by atoms with van der Waals surface area (Å²) in [7, 11) is -3.71. The molecule has 8 heteroatoms. The van der Waals surface area contributed by atoms with Gasteiger partial charge in [0.15, 0.2) is 4.80 Å². The summed E-state index contributed by atoms with van der Waals surface area (Å²) < 4.78 is 30.4. The lowest BCUT2D eigenvalue weighted by molar-refractivity contribution is 0.0998. The summed E-state index contributed by atoms with van der Waals surface area (Å²) in [5, 5.41) is 0. The molecule has 0 aliphatic carbocycles. The number of carbonyl (C=O) groups excluding carboxylic acids is 1.